The Bertz CT molecular complexity index is 276. The molecule has 1 aromatic rings. The van der Waals surface area contributed by atoms with Crippen LogP contribution in [0.15, 0.2) is 24.3 Å². The largest absolute Gasteiger partial charge is 0.0776 e. The van der Waals surface area contributed by atoms with Crippen molar-refractivity contribution in [1.82, 2.24) is 0 Å². The van der Waals surface area contributed by atoms with Gasteiger partial charge in [0, 0.05) is 0 Å². The lowest BCUT2D eigenvalue weighted by atomic mass is 9.85. The highest BCUT2D eigenvalue weighted by Gasteiger charge is 2.13. The van der Waals surface area contributed by atoms with Crippen LogP contribution in [-0.2, 0) is 5.41 Å². The van der Waals surface area contributed by atoms with Gasteiger partial charge in [0.05, 0.1) is 0 Å². The van der Waals surface area contributed by atoms with Gasteiger partial charge in [0.25, 0.3) is 0 Å². The highest BCUT2D eigenvalue weighted by molar-refractivity contribution is 5.30. The molecule has 0 aliphatic heterocycles. The number of rotatable bonds is 1. The van der Waals surface area contributed by atoms with E-state index < -0.39 is 0 Å². The Morgan fingerprint density at radius 1 is 1.00 bits per heavy atom. The molecule has 1 rings (SSSR count). The molecule has 16 heavy (non-hydrogen) atoms. The van der Waals surface area contributed by atoms with Gasteiger partial charge in [0.1, 0.15) is 0 Å². The van der Waals surface area contributed by atoms with Crippen LogP contribution in [0.1, 0.15) is 72.9 Å². The minimum atomic E-state index is 0. The quantitative estimate of drug-likeness (QED) is 0.566. The molecule has 0 saturated heterocycles. The van der Waals surface area contributed by atoms with Crippen molar-refractivity contribution >= 4 is 0 Å². The van der Waals surface area contributed by atoms with Crippen LogP contribution < -0.4 is 0 Å². The minimum absolute atomic E-state index is 0. The summed E-state index contributed by atoms with van der Waals surface area (Å²) >= 11 is 0. The van der Waals surface area contributed by atoms with E-state index in [4.69, 9.17) is 0 Å². The van der Waals surface area contributed by atoms with Crippen LogP contribution in [0.5, 0.6) is 0 Å². The molecule has 0 radical (unpaired) electrons. The van der Waals surface area contributed by atoms with Crippen molar-refractivity contribution in [1.29, 1.82) is 0 Å². The second kappa shape index (κ2) is 7.49. The molecular weight excluding hydrogens is 192 g/mol. The average molecular weight is 222 g/mol. The third kappa shape index (κ3) is 5.34. The van der Waals surface area contributed by atoms with Crippen molar-refractivity contribution in [3.8, 4) is 0 Å². The van der Waals surface area contributed by atoms with E-state index in [0.29, 0.717) is 5.92 Å². The first-order chi connectivity index (χ1) is 6.91. The Hall–Kier alpha value is -0.780. The Morgan fingerprint density at radius 2 is 1.50 bits per heavy atom. The van der Waals surface area contributed by atoms with Gasteiger partial charge in [-0.15, -0.1) is 0 Å². The maximum atomic E-state index is 2.32. The molecule has 1 aromatic carbocycles. The van der Waals surface area contributed by atoms with Crippen molar-refractivity contribution < 1.29 is 0 Å². The summed E-state index contributed by atoms with van der Waals surface area (Å²) in [7, 11) is 0. The topological polar surface area (TPSA) is 0 Å². The van der Waals surface area contributed by atoms with Gasteiger partial charge in [-0.05, 0) is 22.5 Å². The Balaban J connectivity index is 0. The molecule has 0 amide bonds. The summed E-state index contributed by atoms with van der Waals surface area (Å²) < 4.78 is 0. The SMILES string of the molecule is C.CC.CC(C)c1cccc(C(C)(C)C)c1. The molecule has 0 heteroatoms. The van der Waals surface area contributed by atoms with Gasteiger partial charge in [0.2, 0.25) is 0 Å². The summed E-state index contributed by atoms with van der Waals surface area (Å²) in [6, 6.07) is 8.91. The lowest BCUT2D eigenvalue weighted by Gasteiger charge is -2.20. The van der Waals surface area contributed by atoms with E-state index in [-0.39, 0.29) is 12.8 Å². The Morgan fingerprint density at radius 3 is 1.88 bits per heavy atom. The van der Waals surface area contributed by atoms with Gasteiger partial charge in [-0.1, -0.05) is 80.2 Å². The van der Waals surface area contributed by atoms with Crippen LogP contribution in [0.3, 0.4) is 0 Å². The molecule has 0 heterocycles. The summed E-state index contributed by atoms with van der Waals surface area (Å²) in [5, 5.41) is 0. The fourth-order valence-corrected chi connectivity index (χ4v) is 1.36. The molecule has 94 valence electrons. The lowest BCUT2D eigenvalue weighted by Crippen LogP contribution is -2.11. The standard InChI is InChI=1S/C13H20.C2H6.CH4/c1-10(2)11-7-6-8-12(9-11)13(3,4)5;1-2;/h6-10H,1-5H3;1-2H3;1H4. The second-order valence-electron chi connectivity index (χ2n) is 5.03. The zero-order valence-corrected chi connectivity index (χ0v) is 11.4. The highest BCUT2D eigenvalue weighted by atomic mass is 14.2. The summed E-state index contributed by atoms with van der Waals surface area (Å²) in [6.07, 6.45) is 0. The molecular formula is C16H30. The van der Waals surface area contributed by atoms with Crippen LogP contribution in [0, 0.1) is 0 Å². The predicted octanol–water partition coefficient (Wildman–Crippen LogP) is 5.77. The first-order valence-corrected chi connectivity index (χ1v) is 6.01. The molecule has 0 aliphatic carbocycles. The molecule has 0 aromatic heterocycles. The highest BCUT2D eigenvalue weighted by Crippen LogP contribution is 2.25. The van der Waals surface area contributed by atoms with Crippen LogP contribution in [0.2, 0.25) is 0 Å². The third-order valence-electron chi connectivity index (χ3n) is 2.42. The first-order valence-electron chi connectivity index (χ1n) is 6.01. The van der Waals surface area contributed by atoms with E-state index >= 15 is 0 Å². The molecule has 0 saturated carbocycles. The predicted molar refractivity (Wildman–Crippen MR) is 77.3 cm³/mol. The summed E-state index contributed by atoms with van der Waals surface area (Å²) in [4.78, 5) is 0. The van der Waals surface area contributed by atoms with Gasteiger partial charge in [0.15, 0.2) is 0 Å². The average Bonchev–Trinajstić information content (AvgIpc) is 2.20. The smallest absolute Gasteiger partial charge is 0.0132 e. The lowest BCUT2D eigenvalue weighted by molar-refractivity contribution is 0.588. The normalized spacial score (nSPS) is 10.2. The van der Waals surface area contributed by atoms with E-state index in [9.17, 15) is 0 Å². The van der Waals surface area contributed by atoms with Crippen molar-refractivity contribution in [2.75, 3.05) is 0 Å². The van der Waals surface area contributed by atoms with Crippen LogP contribution >= 0.6 is 0 Å². The van der Waals surface area contributed by atoms with Crippen LogP contribution in [0.4, 0.5) is 0 Å². The van der Waals surface area contributed by atoms with E-state index in [1.54, 1.807) is 0 Å². The minimum Gasteiger partial charge on any atom is -0.0776 e. The maximum absolute atomic E-state index is 2.32. The van der Waals surface area contributed by atoms with Gasteiger partial charge in [-0.25, -0.2) is 0 Å². The molecule has 0 fully saturated rings. The van der Waals surface area contributed by atoms with E-state index in [1.807, 2.05) is 13.8 Å². The Kier molecular flexibility index (Phi) is 8.24. The second-order valence-corrected chi connectivity index (χ2v) is 5.03. The fraction of sp³-hybridized carbons (Fsp3) is 0.625. The van der Waals surface area contributed by atoms with E-state index in [0.717, 1.165) is 0 Å². The first kappa shape index (κ1) is 17.6. The molecule has 0 atom stereocenters. The maximum Gasteiger partial charge on any atom is -0.0132 e. The number of benzene rings is 1. The van der Waals surface area contributed by atoms with Gasteiger partial charge in [-0.3, -0.25) is 0 Å². The van der Waals surface area contributed by atoms with Crippen molar-refractivity contribution in [3.63, 3.8) is 0 Å². The van der Waals surface area contributed by atoms with Crippen molar-refractivity contribution in [2.24, 2.45) is 0 Å². The van der Waals surface area contributed by atoms with Gasteiger partial charge in [-0.2, -0.15) is 0 Å². The van der Waals surface area contributed by atoms with Crippen LogP contribution in [0.25, 0.3) is 0 Å². The monoisotopic (exact) mass is 222 g/mol. The van der Waals surface area contributed by atoms with Gasteiger partial charge < -0.3 is 0 Å². The van der Waals surface area contributed by atoms with Crippen LogP contribution in [-0.4, -0.2) is 0 Å². The summed E-state index contributed by atoms with van der Waals surface area (Å²) in [5.41, 5.74) is 3.14. The zero-order chi connectivity index (χ0) is 12.1. The number of hydrogen-bond acceptors (Lipinski definition) is 0. The van der Waals surface area contributed by atoms with Crippen molar-refractivity contribution in [2.45, 2.75) is 67.2 Å². The van der Waals surface area contributed by atoms with E-state index in [1.165, 1.54) is 11.1 Å². The Labute approximate surface area is 103 Å². The fourth-order valence-electron chi connectivity index (χ4n) is 1.36. The molecule has 0 bridgehead atoms. The molecule has 0 spiro atoms. The summed E-state index contributed by atoms with van der Waals surface area (Å²) in [6.45, 7) is 15.2. The molecule has 0 nitrogen and oxygen atoms in total. The third-order valence-corrected chi connectivity index (χ3v) is 2.42. The summed E-state index contributed by atoms with van der Waals surface area (Å²) in [5.74, 6) is 0.627. The number of hydrogen-bond donors (Lipinski definition) is 0. The molecule has 0 N–H and O–H groups in total. The zero-order valence-electron chi connectivity index (χ0n) is 11.4. The van der Waals surface area contributed by atoms with E-state index in [2.05, 4.69) is 58.9 Å². The molecule has 0 unspecified atom stereocenters. The van der Waals surface area contributed by atoms with Gasteiger partial charge >= 0.3 is 0 Å². The molecule has 0 aliphatic rings. The van der Waals surface area contributed by atoms with Crippen molar-refractivity contribution in [3.05, 3.63) is 35.4 Å².